The molecule has 96 valence electrons. The van der Waals surface area contributed by atoms with E-state index in [-0.39, 0.29) is 12.3 Å². The lowest BCUT2D eigenvalue weighted by Crippen LogP contribution is -2.28. The number of aliphatic hydroxyl groups excluding tert-OH is 2. The zero-order chi connectivity index (χ0) is 13.1. The van der Waals surface area contributed by atoms with Crippen molar-refractivity contribution in [2.75, 3.05) is 12.8 Å². The largest absolute Gasteiger partial charge is 0.389 e. The summed E-state index contributed by atoms with van der Waals surface area (Å²) < 4.78 is 22.5. The maximum Gasteiger partial charge on any atom is 0.151 e. The molecular weight excluding hydrogens is 242 g/mol. The molecule has 0 aliphatic carbocycles. The Morgan fingerprint density at radius 3 is 2.41 bits per heavy atom. The molecule has 2 unspecified atom stereocenters. The van der Waals surface area contributed by atoms with Gasteiger partial charge >= 0.3 is 0 Å². The van der Waals surface area contributed by atoms with Crippen molar-refractivity contribution < 1.29 is 18.6 Å². The number of benzene rings is 1. The van der Waals surface area contributed by atoms with E-state index in [0.29, 0.717) is 11.1 Å². The first-order valence-corrected chi connectivity index (χ1v) is 7.23. The molecule has 0 aliphatic heterocycles. The Hall–Kier alpha value is -0.950. The fourth-order valence-corrected chi connectivity index (χ4v) is 2.40. The lowest BCUT2D eigenvalue weighted by Gasteiger charge is -2.19. The molecule has 0 saturated heterocycles. The fourth-order valence-electron chi connectivity index (χ4n) is 1.57. The molecule has 4 N–H and O–H groups in total. The van der Waals surface area contributed by atoms with Gasteiger partial charge in [-0.2, -0.15) is 0 Å². The van der Waals surface area contributed by atoms with Crippen LogP contribution in [0.3, 0.4) is 0 Å². The molecule has 6 heteroatoms. The smallest absolute Gasteiger partial charge is 0.151 e. The van der Waals surface area contributed by atoms with Crippen molar-refractivity contribution in [3.05, 3.63) is 35.4 Å². The molecule has 0 radical (unpaired) electrons. The molecule has 1 aromatic rings. The summed E-state index contributed by atoms with van der Waals surface area (Å²) >= 11 is 0. The van der Waals surface area contributed by atoms with E-state index in [1.54, 1.807) is 24.3 Å². The Morgan fingerprint density at radius 2 is 1.88 bits per heavy atom. The highest BCUT2D eigenvalue weighted by Crippen LogP contribution is 2.22. The Balaban J connectivity index is 3.07. The number of hydrogen-bond acceptors (Lipinski definition) is 5. The molecule has 0 saturated carbocycles. The topological polar surface area (TPSA) is 101 Å². The van der Waals surface area contributed by atoms with E-state index >= 15 is 0 Å². The van der Waals surface area contributed by atoms with E-state index in [0.717, 1.165) is 6.26 Å². The van der Waals surface area contributed by atoms with Crippen LogP contribution in [0.2, 0.25) is 0 Å². The molecule has 2 atom stereocenters. The van der Waals surface area contributed by atoms with Crippen LogP contribution in [0.15, 0.2) is 24.3 Å². The second-order valence-electron chi connectivity index (χ2n) is 4.02. The van der Waals surface area contributed by atoms with Gasteiger partial charge in [0.25, 0.3) is 0 Å². The quantitative estimate of drug-likeness (QED) is 0.667. The van der Waals surface area contributed by atoms with Gasteiger partial charge in [0.15, 0.2) is 9.84 Å². The summed E-state index contributed by atoms with van der Waals surface area (Å²) in [5, 5.41) is 19.3. The van der Waals surface area contributed by atoms with E-state index < -0.39 is 22.0 Å². The average Bonchev–Trinajstić information content (AvgIpc) is 2.25. The van der Waals surface area contributed by atoms with Crippen LogP contribution >= 0.6 is 0 Å². The molecule has 17 heavy (non-hydrogen) atoms. The van der Waals surface area contributed by atoms with Crippen molar-refractivity contribution in [3.8, 4) is 0 Å². The van der Waals surface area contributed by atoms with Gasteiger partial charge in [0.2, 0.25) is 0 Å². The SMILES string of the molecule is CS(=O)(=O)Cc1ccccc1C(O)C(O)CN. The van der Waals surface area contributed by atoms with Gasteiger partial charge in [-0.25, -0.2) is 8.42 Å². The molecule has 1 rings (SSSR count). The molecule has 5 nitrogen and oxygen atoms in total. The molecule has 1 aromatic carbocycles. The van der Waals surface area contributed by atoms with Crippen LogP contribution in [0.4, 0.5) is 0 Å². The van der Waals surface area contributed by atoms with Gasteiger partial charge < -0.3 is 15.9 Å². The summed E-state index contributed by atoms with van der Waals surface area (Å²) in [4.78, 5) is 0. The second kappa shape index (κ2) is 5.59. The number of aliphatic hydroxyl groups is 2. The normalized spacial score (nSPS) is 15.5. The summed E-state index contributed by atoms with van der Waals surface area (Å²) in [5.41, 5.74) is 6.14. The van der Waals surface area contributed by atoms with Gasteiger partial charge in [-0.3, -0.25) is 0 Å². The summed E-state index contributed by atoms with van der Waals surface area (Å²) in [6.45, 7) is -0.0889. The third-order valence-electron chi connectivity index (χ3n) is 2.40. The van der Waals surface area contributed by atoms with Crippen molar-refractivity contribution in [1.29, 1.82) is 0 Å². The first-order valence-electron chi connectivity index (χ1n) is 5.17. The van der Waals surface area contributed by atoms with Gasteiger partial charge in [-0.1, -0.05) is 24.3 Å². The Morgan fingerprint density at radius 1 is 1.29 bits per heavy atom. The van der Waals surface area contributed by atoms with Gasteiger partial charge in [-0.05, 0) is 11.1 Å². The third kappa shape index (κ3) is 4.08. The molecule has 0 amide bonds. The maximum atomic E-state index is 11.2. The minimum Gasteiger partial charge on any atom is -0.389 e. The van der Waals surface area contributed by atoms with Crippen LogP contribution in [0.5, 0.6) is 0 Å². The van der Waals surface area contributed by atoms with Crippen molar-refractivity contribution in [3.63, 3.8) is 0 Å². The highest BCUT2D eigenvalue weighted by atomic mass is 32.2. The molecule has 0 heterocycles. The minimum atomic E-state index is -3.19. The van der Waals surface area contributed by atoms with Gasteiger partial charge in [0.05, 0.1) is 11.9 Å². The van der Waals surface area contributed by atoms with Crippen LogP contribution in [0.25, 0.3) is 0 Å². The number of rotatable bonds is 5. The predicted octanol–water partition coefficient (Wildman–Crippen LogP) is -0.416. The molecule has 0 fully saturated rings. The van der Waals surface area contributed by atoms with E-state index in [1.807, 2.05) is 0 Å². The highest BCUT2D eigenvalue weighted by Gasteiger charge is 2.20. The van der Waals surface area contributed by atoms with Crippen LogP contribution in [0, 0.1) is 0 Å². The summed E-state index contributed by atoms with van der Waals surface area (Å²) in [5.74, 6) is -0.169. The Labute approximate surface area is 101 Å². The van der Waals surface area contributed by atoms with Gasteiger partial charge in [0.1, 0.15) is 6.10 Å². The summed E-state index contributed by atoms with van der Waals surface area (Å²) in [6, 6.07) is 6.56. The predicted molar refractivity (Wildman–Crippen MR) is 65.0 cm³/mol. The van der Waals surface area contributed by atoms with Crippen molar-refractivity contribution in [2.45, 2.75) is 18.0 Å². The first kappa shape index (κ1) is 14.1. The average molecular weight is 259 g/mol. The summed E-state index contributed by atoms with van der Waals surface area (Å²) in [6.07, 6.45) is -1.15. The molecule has 0 bridgehead atoms. The van der Waals surface area contributed by atoms with Crippen LogP contribution < -0.4 is 5.73 Å². The monoisotopic (exact) mass is 259 g/mol. The van der Waals surface area contributed by atoms with E-state index in [1.165, 1.54) is 0 Å². The van der Waals surface area contributed by atoms with E-state index in [4.69, 9.17) is 5.73 Å². The lowest BCUT2D eigenvalue weighted by atomic mass is 9.99. The first-order chi connectivity index (χ1) is 7.85. The standard InChI is InChI=1S/C11H17NO4S/c1-17(15,16)7-8-4-2-3-5-9(8)11(14)10(13)6-12/h2-5,10-11,13-14H,6-7,12H2,1H3. The van der Waals surface area contributed by atoms with Gasteiger partial charge in [0, 0.05) is 12.8 Å². The van der Waals surface area contributed by atoms with E-state index in [9.17, 15) is 18.6 Å². The fraction of sp³-hybridized carbons (Fsp3) is 0.455. The number of sulfone groups is 1. The third-order valence-corrected chi connectivity index (χ3v) is 3.23. The lowest BCUT2D eigenvalue weighted by molar-refractivity contribution is 0.0239. The Bertz CT molecular complexity index is 472. The number of nitrogens with two attached hydrogens (primary N) is 1. The molecule has 0 spiro atoms. The number of hydrogen-bond donors (Lipinski definition) is 3. The van der Waals surface area contributed by atoms with Crippen LogP contribution in [-0.4, -0.2) is 37.5 Å². The minimum absolute atomic E-state index is 0.0889. The van der Waals surface area contributed by atoms with Crippen LogP contribution in [-0.2, 0) is 15.6 Å². The van der Waals surface area contributed by atoms with E-state index in [2.05, 4.69) is 0 Å². The zero-order valence-corrected chi connectivity index (χ0v) is 10.4. The molecule has 0 aromatic heterocycles. The maximum absolute atomic E-state index is 11.2. The zero-order valence-electron chi connectivity index (χ0n) is 9.57. The Kier molecular flexibility index (Phi) is 4.64. The molecule has 0 aliphatic rings. The highest BCUT2D eigenvalue weighted by molar-refractivity contribution is 7.89. The summed E-state index contributed by atoms with van der Waals surface area (Å²) in [7, 11) is -3.19. The van der Waals surface area contributed by atoms with Crippen LogP contribution in [0.1, 0.15) is 17.2 Å². The molecular formula is C11H17NO4S. The van der Waals surface area contributed by atoms with Crippen molar-refractivity contribution in [1.82, 2.24) is 0 Å². The van der Waals surface area contributed by atoms with Gasteiger partial charge in [-0.15, -0.1) is 0 Å². The van der Waals surface area contributed by atoms with Crippen molar-refractivity contribution in [2.24, 2.45) is 5.73 Å². The second-order valence-corrected chi connectivity index (χ2v) is 6.16. The van der Waals surface area contributed by atoms with Crippen molar-refractivity contribution >= 4 is 9.84 Å².